The quantitative estimate of drug-likeness (QED) is 0.852. The highest BCUT2D eigenvalue weighted by Crippen LogP contribution is 2.30. The van der Waals surface area contributed by atoms with Gasteiger partial charge in [0.25, 0.3) is 0 Å². The number of anilines is 1. The van der Waals surface area contributed by atoms with Crippen LogP contribution >= 0.6 is 22.9 Å². The molecule has 1 amide bonds. The third kappa shape index (κ3) is 3.62. The van der Waals surface area contributed by atoms with Gasteiger partial charge in [0.05, 0.1) is 12.8 Å². The van der Waals surface area contributed by atoms with Gasteiger partial charge in [-0.25, -0.2) is 0 Å². The Bertz CT molecular complexity index is 636. The lowest BCUT2D eigenvalue weighted by atomic mass is 10.2. The van der Waals surface area contributed by atoms with Crippen molar-refractivity contribution in [2.24, 2.45) is 0 Å². The fourth-order valence-electron chi connectivity index (χ4n) is 1.65. The number of rotatable bonds is 4. The first-order chi connectivity index (χ1) is 9.60. The van der Waals surface area contributed by atoms with Gasteiger partial charge in [-0.05, 0) is 47.0 Å². The van der Waals surface area contributed by atoms with Crippen molar-refractivity contribution in [1.29, 1.82) is 0 Å². The van der Waals surface area contributed by atoms with E-state index in [9.17, 15) is 4.79 Å². The molecule has 1 aromatic carbocycles. The van der Waals surface area contributed by atoms with Crippen LogP contribution in [0.2, 0.25) is 5.02 Å². The smallest absolute Gasteiger partial charge is 0.248 e. The summed E-state index contributed by atoms with van der Waals surface area (Å²) in [6.45, 7) is 1.87. The monoisotopic (exact) mass is 307 g/mol. The van der Waals surface area contributed by atoms with Gasteiger partial charge in [-0.1, -0.05) is 11.6 Å². The van der Waals surface area contributed by atoms with Crippen molar-refractivity contribution in [3.05, 3.63) is 51.2 Å². The van der Waals surface area contributed by atoms with Crippen LogP contribution < -0.4 is 10.1 Å². The molecule has 0 aliphatic carbocycles. The van der Waals surface area contributed by atoms with Gasteiger partial charge in [-0.3, -0.25) is 4.79 Å². The number of hydrogen-bond donors (Lipinski definition) is 1. The molecule has 104 valence electrons. The third-order valence-corrected chi connectivity index (χ3v) is 3.82. The average molecular weight is 308 g/mol. The average Bonchev–Trinajstić information content (AvgIpc) is 2.93. The van der Waals surface area contributed by atoms with Crippen LogP contribution in [0.1, 0.15) is 11.1 Å². The molecule has 1 aromatic heterocycles. The Morgan fingerprint density at radius 2 is 2.25 bits per heavy atom. The molecule has 0 fully saturated rings. The predicted molar refractivity (Wildman–Crippen MR) is 84.7 cm³/mol. The topological polar surface area (TPSA) is 38.3 Å². The van der Waals surface area contributed by atoms with Gasteiger partial charge in [0.15, 0.2) is 0 Å². The van der Waals surface area contributed by atoms with Crippen molar-refractivity contribution in [2.75, 3.05) is 12.4 Å². The Balaban J connectivity index is 2.13. The minimum absolute atomic E-state index is 0.212. The summed E-state index contributed by atoms with van der Waals surface area (Å²) in [6, 6.07) is 5.42. The summed E-state index contributed by atoms with van der Waals surface area (Å²) in [5.74, 6) is 0.328. The van der Waals surface area contributed by atoms with Crippen LogP contribution in [0.15, 0.2) is 35.0 Å². The number of carbonyl (C=O) groups excluding carboxylic acids is 1. The van der Waals surface area contributed by atoms with Gasteiger partial charge < -0.3 is 10.1 Å². The van der Waals surface area contributed by atoms with E-state index in [1.807, 2.05) is 23.8 Å². The second-order valence-electron chi connectivity index (χ2n) is 4.18. The Kier molecular flexibility index (Phi) is 4.82. The van der Waals surface area contributed by atoms with Crippen LogP contribution in [0.4, 0.5) is 5.69 Å². The largest absolute Gasteiger partial charge is 0.495 e. The van der Waals surface area contributed by atoms with Gasteiger partial charge in [0.2, 0.25) is 5.91 Å². The molecule has 3 nitrogen and oxygen atoms in total. The fourth-order valence-corrected chi connectivity index (χ4v) is 2.43. The van der Waals surface area contributed by atoms with Crippen LogP contribution in [0.5, 0.6) is 5.75 Å². The van der Waals surface area contributed by atoms with Crippen LogP contribution in [0, 0.1) is 6.92 Å². The third-order valence-electron chi connectivity index (χ3n) is 2.71. The Hall–Kier alpha value is -1.78. The zero-order chi connectivity index (χ0) is 14.5. The van der Waals surface area contributed by atoms with Gasteiger partial charge >= 0.3 is 0 Å². The van der Waals surface area contributed by atoms with Gasteiger partial charge in [-0.2, -0.15) is 11.3 Å². The van der Waals surface area contributed by atoms with Crippen molar-refractivity contribution in [3.8, 4) is 5.75 Å². The Morgan fingerprint density at radius 3 is 2.90 bits per heavy atom. The molecule has 0 radical (unpaired) electrons. The van der Waals surface area contributed by atoms with Crippen LogP contribution in [0.25, 0.3) is 6.08 Å². The number of nitrogens with one attached hydrogen (secondary N) is 1. The molecule has 0 spiro atoms. The number of amides is 1. The molecular weight excluding hydrogens is 294 g/mol. The van der Waals surface area contributed by atoms with Crippen molar-refractivity contribution >= 4 is 40.6 Å². The molecule has 20 heavy (non-hydrogen) atoms. The summed E-state index contributed by atoms with van der Waals surface area (Å²) >= 11 is 7.61. The van der Waals surface area contributed by atoms with E-state index in [-0.39, 0.29) is 5.91 Å². The van der Waals surface area contributed by atoms with Crippen LogP contribution in [-0.4, -0.2) is 13.0 Å². The van der Waals surface area contributed by atoms with E-state index in [1.54, 1.807) is 29.5 Å². The van der Waals surface area contributed by atoms with E-state index >= 15 is 0 Å². The number of hydrogen-bond acceptors (Lipinski definition) is 3. The Morgan fingerprint density at radius 1 is 1.45 bits per heavy atom. The van der Waals surface area contributed by atoms with E-state index in [0.29, 0.717) is 16.5 Å². The molecule has 5 heteroatoms. The lowest BCUT2D eigenvalue weighted by molar-refractivity contribution is -0.111. The SMILES string of the molecule is COc1cc(Cl)c(C)cc1NC(=O)/C=C/c1ccsc1. The molecule has 0 unspecified atom stereocenters. The van der Waals surface area contributed by atoms with Crippen molar-refractivity contribution < 1.29 is 9.53 Å². The molecule has 2 rings (SSSR count). The second kappa shape index (κ2) is 6.59. The molecule has 0 saturated heterocycles. The molecule has 0 aliphatic heterocycles. The maximum Gasteiger partial charge on any atom is 0.248 e. The summed E-state index contributed by atoms with van der Waals surface area (Å²) in [5, 5.41) is 7.32. The lowest BCUT2D eigenvalue weighted by Crippen LogP contribution is -2.09. The number of thiophene rings is 1. The highest BCUT2D eigenvalue weighted by Gasteiger charge is 2.08. The number of aryl methyl sites for hydroxylation is 1. The van der Waals surface area contributed by atoms with Crippen molar-refractivity contribution in [3.63, 3.8) is 0 Å². The van der Waals surface area contributed by atoms with Gasteiger partial charge in [0.1, 0.15) is 5.75 Å². The van der Waals surface area contributed by atoms with E-state index in [1.165, 1.54) is 13.2 Å². The zero-order valence-electron chi connectivity index (χ0n) is 11.1. The van der Waals surface area contributed by atoms with E-state index in [4.69, 9.17) is 16.3 Å². The minimum atomic E-state index is -0.212. The summed E-state index contributed by atoms with van der Waals surface area (Å²) in [5.41, 5.74) is 2.49. The minimum Gasteiger partial charge on any atom is -0.495 e. The maximum atomic E-state index is 11.9. The molecular formula is C15H14ClNO2S. The predicted octanol–water partition coefficient (Wildman–Crippen LogP) is 4.37. The highest BCUT2D eigenvalue weighted by molar-refractivity contribution is 7.08. The number of benzene rings is 1. The normalized spacial score (nSPS) is 10.8. The van der Waals surface area contributed by atoms with Crippen LogP contribution in [-0.2, 0) is 4.79 Å². The lowest BCUT2D eigenvalue weighted by Gasteiger charge is -2.11. The summed E-state index contributed by atoms with van der Waals surface area (Å²) in [4.78, 5) is 11.9. The summed E-state index contributed by atoms with van der Waals surface area (Å²) in [7, 11) is 1.54. The second-order valence-corrected chi connectivity index (χ2v) is 5.37. The van der Waals surface area contributed by atoms with E-state index in [0.717, 1.165) is 11.1 Å². The molecule has 0 aliphatic rings. The molecule has 0 bridgehead atoms. The Labute approximate surface area is 126 Å². The molecule has 2 aromatic rings. The number of carbonyl (C=O) groups is 1. The van der Waals surface area contributed by atoms with E-state index in [2.05, 4.69) is 5.32 Å². The summed E-state index contributed by atoms with van der Waals surface area (Å²) < 4.78 is 5.21. The van der Waals surface area contributed by atoms with Gasteiger partial charge in [0, 0.05) is 17.2 Å². The zero-order valence-corrected chi connectivity index (χ0v) is 12.7. The molecule has 0 saturated carbocycles. The first kappa shape index (κ1) is 14.6. The number of methoxy groups -OCH3 is 1. The molecule has 1 N–H and O–H groups in total. The maximum absolute atomic E-state index is 11.9. The number of halogens is 1. The first-order valence-corrected chi connectivity index (χ1v) is 7.27. The summed E-state index contributed by atoms with van der Waals surface area (Å²) in [6.07, 6.45) is 3.26. The van der Waals surface area contributed by atoms with E-state index < -0.39 is 0 Å². The van der Waals surface area contributed by atoms with Crippen molar-refractivity contribution in [1.82, 2.24) is 0 Å². The molecule has 1 heterocycles. The standard InChI is InChI=1S/C15H14ClNO2S/c1-10-7-13(14(19-2)8-12(10)16)17-15(18)4-3-11-5-6-20-9-11/h3-9H,1-2H3,(H,17,18)/b4-3+. The fraction of sp³-hybridized carbons (Fsp3) is 0.133. The van der Waals surface area contributed by atoms with Crippen molar-refractivity contribution in [2.45, 2.75) is 6.92 Å². The van der Waals surface area contributed by atoms with Gasteiger partial charge in [-0.15, -0.1) is 0 Å². The molecule has 0 atom stereocenters. The highest BCUT2D eigenvalue weighted by atomic mass is 35.5. The first-order valence-electron chi connectivity index (χ1n) is 5.95. The number of ether oxygens (including phenoxy) is 1. The van der Waals surface area contributed by atoms with Crippen LogP contribution in [0.3, 0.4) is 0 Å².